The molecule has 0 spiro atoms. The number of carbonyl (C=O) groups excluding carboxylic acids is 1. The second-order valence-corrected chi connectivity index (χ2v) is 13.0. The summed E-state index contributed by atoms with van der Waals surface area (Å²) < 4.78 is 28.3. The van der Waals surface area contributed by atoms with Crippen molar-refractivity contribution in [1.82, 2.24) is 19.2 Å². The molecule has 2 aromatic heterocycles. The molecule has 0 N–H and O–H groups in total. The fourth-order valence-corrected chi connectivity index (χ4v) is 6.37. The summed E-state index contributed by atoms with van der Waals surface area (Å²) in [5.41, 5.74) is 4.00. The lowest BCUT2D eigenvalue weighted by Crippen LogP contribution is -2.51. The zero-order chi connectivity index (χ0) is 31.2. The summed E-state index contributed by atoms with van der Waals surface area (Å²) in [5.74, 6) is -0.208. The summed E-state index contributed by atoms with van der Waals surface area (Å²) in [5, 5.41) is 1.19. The number of pyridine rings is 2. The van der Waals surface area contributed by atoms with Crippen LogP contribution in [0.1, 0.15) is 47.9 Å². The first kappa shape index (κ1) is 32.8. The van der Waals surface area contributed by atoms with Crippen molar-refractivity contribution in [2.75, 3.05) is 14.1 Å². The molecule has 8 heteroatoms. The Morgan fingerprint density at radius 3 is 1.80 bits per heavy atom. The first-order valence-corrected chi connectivity index (χ1v) is 16.6. The molecule has 1 amide bonds. The van der Waals surface area contributed by atoms with Crippen LogP contribution in [0.25, 0.3) is 6.08 Å². The minimum absolute atomic E-state index is 0.0509. The van der Waals surface area contributed by atoms with Crippen LogP contribution in [0.3, 0.4) is 0 Å². The van der Waals surface area contributed by atoms with Crippen LogP contribution < -0.4 is 0 Å². The fraction of sp³-hybridized carbons (Fsp3) is 0.306. The lowest BCUT2D eigenvalue weighted by atomic mass is 9.97. The minimum Gasteiger partial charge on any atom is -0.341 e. The highest BCUT2D eigenvalue weighted by molar-refractivity contribution is 7.92. The maximum atomic E-state index is 14.3. The summed E-state index contributed by atoms with van der Waals surface area (Å²) in [4.78, 5) is 24.5. The van der Waals surface area contributed by atoms with E-state index in [2.05, 4.69) is 22.1 Å². The second kappa shape index (κ2) is 16.6. The van der Waals surface area contributed by atoms with Crippen LogP contribution in [0.2, 0.25) is 0 Å². The molecule has 0 aliphatic rings. The van der Waals surface area contributed by atoms with Gasteiger partial charge in [-0.05, 0) is 85.4 Å². The monoisotopic (exact) mass is 610 g/mol. The van der Waals surface area contributed by atoms with E-state index in [1.807, 2.05) is 92.2 Å². The van der Waals surface area contributed by atoms with Gasteiger partial charge in [-0.3, -0.25) is 14.8 Å². The van der Waals surface area contributed by atoms with E-state index in [0.29, 0.717) is 0 Å². The highest BCUT2D eigenvalue weighted by Crippen LogP contribution is 2.21. The molecule has 0 fully saturated rings. The molecule has 0 saturated heterocycles. The number of nitrogens with zero attached hydrogens (tertiary/aromatic N) is 4. The fourth-order valence-electron chi connectivity index (χ4n) is 5.33. The Hall–Kier alpha value is -4.14. The first-order valence-electron chi connectivity index (χ1n) is 15.1. The van der Waals surface area contributed by atoms with E-state index in [1.165, 1.54) is 16.8 Å². The summed E-state index contributed by atoms with van der Waals surface area (Å²) in [6.07, 6.45) is 14.2. The van der Waals surface area contributed by atoms with Crippen LogP contribution >= 0.6 is 0 Å². The number of benzene rings is 2. The molecule has 0 bridgehead atoms. The molecule has 1 atom stereocenters. The van der Waals surface area contributed by atoms with Gasteiger partial charge >= 0.3 is 0 Å². The van der Waals surface area contributed by atoms with Gasteiger partial charge < -0.3 is 4.90 Å². The van der Waals surface area contributed by atoms with E-state index < -0.39 is 16.1 Å². The van der Waals surface area contributed by atoms with E-state index in [1.54, 1.807) is 23.4 Å². The van der Waals surface area contributed by atoms with Crippen LogP contribution in [0.15, 0.2) is 115 Å². The number of likely N-dealkylation sites (N-methyl/N-ethyl adjacent to an activating group) is 2. The standard InChI is InChI=1S/C36H42N4O3S/c1-39(34(21-9-17-32-19-11-24-37-28-32)22-10-18-33-20-12-25-38-29-33)36(41)35(27-31-15-7-4-8-16-31)40(2)44(42,43)26-23-30-13-5-3-6-14-30/h3-8,11-16,19-20,23-26,28-29,34-35H,9-10,17-18,21-22,27H2,1-2H3/b26-23+. The Labute approximate surface area is 262 Å². The number of sulfonamides is 1. The van der Waals surface area contributed by atoms with Crippen molar-refractivity contribution in [3.63, 3.8) is 0 Å². The molecule has 0 saturated carbocycles. The Balaban J connectivity index is 1.54. The minimum atomic E-state index is -3.90. The summed E-state index contributed by atoms with van der Waals surface area (Å²) in [6, 6.07) is 25.9. The van der Waals surface area contributed by atoms with Crippen LogP contribution in [0.4, 0.5) is 0 Å². The molecule has 2 aromatic carbocycles. The summed E-state index contributed by atoms with van der Waals surface area (Å²) in [6.45, 7) is 0. The molecule has 4 aromatic rings. The average molecular weight is 611 g/mol. The SMILES string of the molecule is CN(C(=O)C(Cc1ccccc1)N(C)S(=O)(=O)/C=C/c1ccccc1)C(CCCc1cccnc1)CCCc1cccnc1. The highest BCUT2D eigenvalue weighted by atomic mass is 32.2. The normalized spacial score (nSPS) is 12.5. The van der Waals surface area contributed by atoms with E-state index in [4.69, 9.17) is 0 Å². The number of hydrogen-bond donors (Lipinski definition) is 0. The van der Waals surface area contributed by atoms with E-state index in [-0.39, 0.29) is 18.4 Å². The average Bonchev–Trinajstić information content (AvgIpc) is 3.06. The molecule has 0 aliphatic carbocycles. The topological polar surface area (TPSA) is 83.5 Å². The van der Waals surface area contributed by atoms with Crippen molar-refractivity contribution in [2.45, 2.75) is 57.0 Å². The lowest BCUT2D eigenvalue weighted by molar-refractivity contribution is -0.136. The van der Waals surface area contributed by atoms with Gasteiger partial charge in [-0.25, -0.2) is 8.42 Å². The predicted molar refractivity (Wildman–Crippen MR) is 177 cm³/mol. The molecule has 230 valence electrons. The molecule has 0 aliphatic heterocycles. The van der Waals surface area contributed by atoms with Crippen molar-refractivity contribution < 1.29 is 13.2 Å². The Morgan fingerprint density at radius 2 is 1.27 bits per heavy atom. The molecule has 1 unspecified atom stereocenters. The van der Waals surface area contributed by atoms with E-state index >= 15 is 0 Å². The van der Waals surface area contributed by atoms with Crippen molar-refractivity contribution >= 4 is 22.0 Å². The number of aryl methyl sites for hydroxylation is 2. The molecule has 2 heterocycles. The largest absolute Gasteiger partial charge is 0.341 e. The van der Waals surface area contributed by atoms with Gasteiger partial charge in [0.2, 0.25) is 15.9 Å². The van der Waals surface area contributed by atoms with Crippen LogP contribution in [0, 0.1) is 0 Å². The maximum absolute atomic E-state index is 14.3. The van der Waals surface area contributed by atoms with Crippen molar-refractivity contribution in [3.8, 4) is 0 Å². The van der Waals surface area contributed by atoms with Crippen LogP contribution in [-0.2, 0) is 34.1 Å². The van der Waals surface area contributed by atoms with E-state index in [0.717, 1.165) is 60.8 Å². The van der Waals surface area contributed by atoms with Crippen molar-refractivity contribution in [1.29, 1.82) is 0 Å². The number of aromatic nitrogens is 2. The number of rotatable bonds is 16. The molecule has 7 nitrogen and oxygen atoms in total. The molecule has 44 heavy (non-hydrogen) atoms. The Morgan fingerprint density at radius 1 is 0.750 bits per heavy atom. The smallest absolute Gasteiger partial charge is 0.241 e. The second-order valence-electron chi connectivity index (χ2n) is 11.1. The van der Waals surface area contributed by atoms with Gasteiger partial charge in [0.05, 0.1) is 0 Å². The van der Waals surface area contributed by atoms with Crippen LogP contribution in [0.5, 0.6) is 0 Å². The third-order valence-corrected chi connectivity index (χ3v) is 9.51. The molecule has 4 rings (SSSR count). The van der Waals surface area contributed by atoms with Gasteiger partial charge in [-0.2, -0.15) is 4.31 Å². The molecular formula is C36H42N4O3S. The van der Waals surface area contributed by atoms with Gasteiger partial charge in [0.1, 0.15) is 6.04 Å². The predicted octanol–water partition coefficient (Wildman–Crippen LogP) is 6.19. The third kappa shape index (κ3) is 9.96. The summed E-state index contributed by atoms with van der Waals surface area (Å²) >= 11 is 0. The number of amides is 1. The van der Waals surface area contributed by atoms with Gasteiger partial charge in [0.25, 0.3) is 0 Å². The number of carbonyl (C=O) groups is 1. The quantitative estimate of drug-likeness (QED) is 0.151. The molecule has 0 radical (unpaired) electrons. The van der Waals surface area contributed by atoms with Crippen molar-refractivity contribution in [2.24, 2.45) is 0 Å². The van der Waals surface area contributed by atoms with Crippen LogP contribution in [-0.4, -0.2) is 59.7 Å². The van der Waals surface area contributed by atoms with Crippen molar-refractivity contribution in [3.05, 3.63) is 137 Å². The zero-order valence-electron chi connectivity index (χ0n) is 25.6. The van der Waals surface area contributed by atoms with E-state index in [9.17, 15) is 13.2 Å². The first-order chi connectivity index (χ1) is 21.3. The third-order valence-electron chi connectivity index (χ3n) is 7.98. The lowest BCUT2D eigenvalue weighted by Gasteiger charge is -2.34. The zero-order valence-corrected chi connectivity index (χ0v) is 26.4. The van der Waals surface area contributed by atoms with Gasteiger partial charge in [-0.15, -0.1) is 0 Å². The highest BCUT2D eigenvalue weighted by Gasteiger charge is 2.34. The Bertz CT molecular complexity index is 1510. The molecular weight excluding hydrogens is 568 g/mol. The maximum Gasteiger partial charge on any atom is 0.241 e. The number of hydrogen-bond acceptors (Lipinski definition) is 5. The summed E-state index contributed by atoms with van der Waals surface area (Å²) in [7, 11) is -0.574. The van der Waals surface area contributed by atoms with Gasteiger partial charge in [-0.1, -0.05) is 72.8 Å². The Kier molecular flexibility index (Phi) is 12.4. The van der Waals surface area contributed by atoms with Gasteiger partial charge in [0, 0.05) is 50.3 Å². The van der Waals surface area contributed by atoms with Gasteiger partial charge in [0.15, 0.2) is 0 Å².